The van der Waals surface area contributed by atoms with Crippen LogP contribution in [0.4, 0.5) is 0 Å². The normalized spacial score (nSPS) is 17.4. The summed E-state index contributed by atoms with van der Waals surface area (Å²) in [5.74, 6) is 0. The molecule has 0 rings (SSSR count). The molecule has 0 aromatic carbocycles. The lowest BCUT2D eigenvalue weighted by Crippen LogP contribution is -2.39. The van der Waals surface area contributed by atoms with Crippen molar-refractivity contribution in [2.24, 2.45) is 5.73 Å². The number of nitrogens with two attached hydrogens (primary N) is 1. The highest BCUT2D eigenvalue weighted by Crippen LogP contribution is 2.02. The van der Waals surface area contributed by atoms with Crippen LogP contribution in [0.3, 0.4) is 0 Å². The maximum absolute atomic E-state index is 8.55. The smallest absolute Gasteiger partial charge is 0.0611 e. The van der Waals surface area contributed by atoms with Gasteiger partial charge in [0.1, 0.15) is 0 Å². The van der Waals surface area contributed by atoms with Gasteiger partial charge >= 0.3 is 0 Å². The van der Waals surface area contributed by atoms with E-state index < -0.39 is 5.54 Å². The van der Waals surface area contributed by atoms with Crippen LogP contribution in [0.2, 0.25) is 0 Å². The Morgan fingerprint density at radius 1 is 1.88 bits per heavy atom. The fourth-order valence-electron chi connectivity index (χ4n) is 0.394. The predicted molar refractivity (Wildman–Crippen MR) is 34.5 cm³/mol. The van der Waals surface area contributed by atoms with Gasteiger partial charge < -0.3 is 10.8 Å². The Labute approximate surface area is 50.0 Å². The zero-order chi connectivity index (χ0) is 6.62. The third kappa shape index (κ3) is 2.77. The lowest BCUT2D eigenvalue weighted by atomic mass is 10.0. The maximum Gasteiger partial charge on any atom is 0.0611 e. The van der Waals surface area contributed by atoms with Crippen molar-refractivity contribution in [1.29, 1.82) is 0 Å². The van der Waals surface area contributed by atoms with Crippen LogP contribution in [-0.4, -0.2) is 17.3 Å². The minimum atomic E-state index is -0.470. The summed E-state index contributed by atoms with van der Waals surface area (Å²) in [7, 11) is 0. The fraction of sp³-hybridized carbons (Fsp3) is 0.667. The quantitative estimate of drug-likeness (QED) is 0.519. The molecule has 0 aliphatic heterocycles. The van der Waals surface area contributed by atoms with E-state index in [0.717, 1.165) is 0 Å². The van der Waals surface area contributed by atoms with Gasteiger partial charge in [0.05, 0.1) is 6.61 Å². The van der Waals surface area contributed by atoms with Gasteiger partial charge in [-0.1, -0.05) is 6.08 Å². The first-order valence-electron chi connectivity index (χ1n) is 2.63. The van der Waals surface area contributed by atoms with E-state index in [2.05, 4.69) is 6.58 Å². The first-order chi connectivity index (χ1) is 3.62. The highest BCUT2D eigenvalue weighted by atomic mass is 16.3. The van der Waals surface area contributed by atoms with Crippen LogP contribution in [0.25, 0.3) is 0 Å². The van der Waals surface area contributed by atoms with Gasteiger partial charge in [0.25, 0.3) is 0 Å². The van der Waals surface area contributed by atoms with Gasteiger partial charge in [0, 0.05) is 5.54 Å². The van der Waals surface area contributed by atoms with Gasteiger partial charge in [-0.25, -0.2) is 0 Å². The lowest BCUT2D eigenvalue weighted by Gasteiger charge is -2.18. The molecule has 0 bridgehead atoms. The largest absolute Gasteiger partial charge is 0.394 e. The maximum atomic E-state index is 8.55. The summed E-state index contributed by atoms with van der Waals surface area (Å²) < 4.78 is 0. The van der Waals surface area contributed by atoms with Gasteiger partial charge in [-0.15, -0.1) is 6.58 Å². The van der Waals surface area contributed by atoms with Crippen molar-refractivity contribution < 1.29 is 5.11 Å². The molecule has 48 valence electrons. The van der Waals surface area contributed by atoms with Crippen molar-refractivity contribution in [2.45, 2.75) is 18.9 Å². The average molecular weight is 115 g/mol. The van der Waals surface area contributed by atoms with Gasteiger partial charge in [-0.05, 0) is 13.3 Å². The van der Waals surface area contributed by atoms with Gasteiger partial charge in [0.2, 0.25) is 0 Å². The molecule has 0 heterocycles. The molecule has 0 aromatic heterocycles. The van der Waals surface area contributed by atoms with E-state index in [9.17, 15) is 0 Å². The average Bonchev–Trinajstić information content (AvgIpc) is 1.67. The van der Waals surface area contributed by atoms with Crippen molar-refractivity contribution in [3.63, 3.8) is 0 Å². The Bertz CT molecular complexity index is 78.6. The third-order valence-electron chi connectivity index (χ3n) is 0.972. The van der Waals surface area contributed by atoms with E-state index in [1.807, 2.05) is 0 Å². The minimum absolute atomic E-state index is 0.0129. The van der Waals surface area contributed by atoms with Gasteiger partial charge in [-0.2, -0.15) is 0 Å². The summed E-state index contributed by atoms with van der Waals surface area (Å²) in [4.78, 5) is 0. The molecule has 0 saturated heterocycles. The van der Waals surface area contributed by atoms with Crippen LogP contribution in [-0.2, 0) is 0 Å². The molecule has 0 amide bonds. The second-order valence-corrected chi connectivity index (χ2v) is 2.30. The van der Waals surface area contributed by atoms with E-state index in [4.69, 9.17) is 10.8 Å². The molecule has 2 nitrogen and oxygen atoms in total. The summed E-state index contributed by atoms with van der Waals surface area (Å²) in [5.41, 5.74) is 5.03. The molecule has 0 aliphatic carbocycles. The molecule has 8 heavy (non-hydrogen) atoms. The molecule has 0 spiro atoms. The Morgan fingerprint density at radius 2 is 2.38 bits per heavy atom. The molecule has 0 saturated carbocycles. The van der Waals surface area contributed by atoms with E-state index in [0.29, 0.717) is 6.42 Å². The molecular weight excluding hydrogens is 102 g/mol. The van der Waals surface area contributed by atoms with Crippen LogP contribution in [0, 0.1) is 0 Å². The standard InChI is InChI=1S/C6H13NO/c1-3-4-6(2,7)5-8/h3,8H,1,4-5,7H2,2H3. The number of hydrogen-bond donors (Lipinski definition) is 2. The minimum Gasteiger partial charge on any atom is -0.394 e. The molecule has 0 radical (unpaired) electrons. The summed E-state index contributed by atoms with van der Waals surface area (Å²) in [6.45, 7) is 5.30. The summed E-state index contributed by atoms with van der Waals surface area (Å²) in [6.07, 6.45) is 2.36. The second-order valence-electron chi connectivity index (χ2n) is 2.30. The van der Waals surface area contributed by atoms with E-state index in [1.165, 1.54) is 0 Å². The Morgan fingerprint density at radius 3 is 2.50 bits per heavy atom. The molecule has 2 heteroatoms. The molecule has 0 fully saturated rings. The van der Waals surface area contributed by atoms with Crippen LogP contribution in [0.15, 0.2) is 12.7 Å². The fourth-order valence-corrected chi connectivity index (χ4v) is 0.394. The van der Waals surface area contributed by atoms with Crippen molar-refractivity contribution >= 4 is 0 Å². The van der Waals surface area contributed by atoms with Crippen molar-refractivity contribution in [3.8, 4) is 0 Å². The van der Waals surface area contributed by atoms with Crippen LogP contribution < -0.4 is 5.73 Å². The first-order valence-corrected chi connectivity index (χ1v) is 2.63. The van der Waals surface area contributed by atoms with Crippen LogP contribution in [0.5, 0.6) is 0 Å². The first kappa shape index (κ1) is 7.66. The summed E-state index contributed by atoms with van der Waals surface area (Å²) >= 11 is 0. The Hall–Kier alpha value is -0.340. The summed E-state index contributed by atoms with van der Waals surface area (Å²) in [6, 6.07) is 0. The molecule has 0 aromatic rings. The van der Waals surface area contributed by atoms with E-state index >= 15 is 0 Å². The predicted octanol–water partition coefficient (Wildman–Crippen LogP) is 0.272. The molecule has 1 unspecified atom stereocenters. The zero-order valence-electron chi connectivity index (χ0n) is 5.22. The zero-order valence-corrected chi connectivity index (χ0v) is 5.22. The van der Waals surface area contributed by atoms with Crippen LogP contribution >= 0.6 is 0 Å². The second kappa shape index (κ2) is 2.84. The number of aliphatic hydroxyl groups is 1. The Kier molecular flexibility index (Phi) is 2.72. The third-order valence-corrected chi connectivity index (χ3v) is 0.972. The van der Waals surface area contributed by atoms with Crippen LogP contribution in [0.1, 0.15) is 13.3 Å². The molecule has 1 atom stereocenters. The van der Waals surface area contributed by atoms with Gasteiger partial charge in [-0.3, -0.25) is 0 Å². The SMILES string of the molecule is C=CCC(C)(N)CO. The van der Waals surface area contributed by atoms with Crippen molar-refractivity contribution in [3.05, 3.63) is 12.7 Å². The molecule has 3 N–H and O–H groups in total. The number of rotatable bonds is 3. The van der Waals surface area contributed by atoms with Gasteiger partial charge in [0.15, 0.2) is 0 Å². The summed E-state index contributed by atoms with van der Waals surface area (Å²) in [5, 5.41) is 8.55. The number of aliphatic hydroxyl groups excluding tert-OH is 1. The number of hydrogen-bond acceptors (Lipinski definition) is 2. The van der Waals surface area contributed by atoms with E-state index in [-0.39, 0.29) is 6.61 Å². The van der Waals surface area contributed by atoms with Crippen molar-refractivity contribution in [1.82, 2.24) is 0 Å². The molecular formula is C6H13NO. The molecule has 0 aliphatic rings. The highest BCUT2D eigenvalue weighted by Gasteiger charge is 2.13. The lowest BCUT2D eigenvalue weighted by molar-refractivity contribution is 0.210. The van der Waals surface area contributed by atoms with E-state index in [1.54, 1.807) is 13.0 Å². The topological polar surface area (TPSA) is 46.2 Å². The monoisotopic (exact) mass is 115 g/mol. The van der Waals surface area contributed by atoms with Crippen molar-refractivity contribution in [2.75, 3.05) is 6.61 Å². The highest BCUT2D eigenvalue weighted by molar-refractivity contribution is 4.85. The Balaban J connectivity index is 3.53.